The van der Waals surface area contributed by atoms with Crippen molar-refractivity contribution in [3.63, 3.8) is 0 Å². The number of thiazole rings is 1. The van der Waals surface area contributed by atoms with E-state index in [1.807, 2.05) is 0 Å². The zero-order valence-corrected chi connectivity index (χ0v) is 11.6. The van der Waals surface area contributed by atoms with Gasteiger partial charge in [-0.2, -0.15) is 0 Å². The highest BCUT2D eigenvalue weighted by molar-refractivity contribution is 9.10. The Morgan fingerprint density at radius 3 is 2.62 bits per heavy atom. The number of anilines is 1. The first-order valence-electron chi connectivity index (χ1n) is 5.89. The van der Waals surface area contributed by atoms with E-state index in [9.17, 15) is 0 Å². The molecule has 2 heterocycles. The first-order valence-corrected chi connectivity index (χ1v) is 7.57. The zero-order chi connectivity index (χ0) is 11.0. The Morgan fingerprint density at radius 2 is 2.06 bits per heavy atom. The van der Waals surface area contributed by atoms with Crippen molar-refractivity contribution in [1.82, 2.24) is 9.88 Å². The summed E-state index contributed by atoms with van der Waals surface area (Å²) in [6.07, 6.45) is 2.92. The van der Waals surface area contributed by atoms with E-state index in [1.54, 1.807) is 11.3 Å². The summed E-state index contributed by atoms with van der Waals surface area (Å²) in [7, 11) is 0. The number of hydrogen-bond donors (Lipinski definition) is 0. The van der Waals surface area contributed by atoms with Crippen molar-refractivity contribution < 1.29 is 0 Å². The Balaban J connectivity index is 1.53. The van der Waals surface area contributed by atoms with E-state index < -0.39 is 0 Å². The number of aromatic nitrogens is 1. The summed E-state index contributed by atoms with van der Waals surface area (Å²) < 4.78 is 0.966. The van der Waals surface area contributed by atoms with E-state index in [1.165, 1.54) is 32.5 Å². The molecular weight excluding hydrogens is 286 g/mol. The summed E-state index contributed by atoms with van der Waals surface area (Å²) in [5.41, 5.74) is 0. The van der Waals surface area contributed by atoms with Crippen molar-refractivity contribution in [3.8, 4) is 0 Å². The third-order valence-corrected chi connectivity index (χ3v) is 4.93. The van der Waals surface area contributed by atoms with Crippen LogP contribution >= 0.6 is 27.3 Å². The average molecular weight is 302 g/mol. The van der Waals surface area contributed by atoms with Gasteiger partial charge >= 0.3 is 0 Å². The standard InChI is InChI=1S/C11H16BrN3S/c12-10-8-16-11(13-10)15-5-3-14(4-6-15)7-9-1-2-9/h8-9H,1-7H2. The lowest BCUT2D eigenvalue weighted by molar-refractivity contribution is 0.248. The fourth-order valence-electron chi connectivity index (χ4n) is 2.18. The Hall–Kier alpha value is -0.130. The molecule has 0 atom stereocenters. The minimum absolute atomic E-state index is 0.966. The van der Waals surface area contributed by atoms with Crippen LogP contribution in [-0.4, -0.2) is 42.6 Å². The summed E-state index contributed by atoms with van der Waals surface area (Å²) >= 11 is 5.15. The van der Waals surface area contributed by atoms with Gasteiger partial charge in [0.2, 0.25) is 0 Å². The fraction of sp³-hybridized carbons (Fsp3) is 0.727. The van der Waals surface area contributed by atoms with Gasteiger partial charge in [0.15, 0.2) is 5.13 Å². The van der Waals surface area contributed by atoms with Crippen molar-refractivity contribution in [2.45, 2.75) is 12.8 Å². The van der Waals surface area contributed by atoms with Crippen LogP contribution in [0, 0.1) is 5.92 Å². The second-order valence-corrected chi connectivity index (χ2v) is 6.33. The molecule has 0 spiro atoms. The van der Waals surface area contributed by atoms with Crippen LogP contribution in [0.15, 0.2) is 9.98 Å². The number of halogens is 1. The first kappa shape index (κ1) is 11.0. The maximum absolute atomic E-state index is 4.48. The van der Waals surface area contributed by atoms with Crippen molar-refractivity contribution in [3.05, 3.63) is 9.98 Å². The maximum atomic E-state index is 4.48. The quantitative estimate of drug-likeness (QED) is 0.855. The van der Waals surface area contributed by atoms with Crippen molar-refractivity contribution in [2.75, 3.05) is 37.6 Å². The molecule has 1 aromatic heterocycles. The summed E-state index contributed by atoms with van der Waals surface area (Å²) in [6.45, 7) is 6.00. The molecule has 0 radical (unpaired) electrons. The van der Waals surface area contributed by atoms with Gasteiger partial charge in [-0.1, -0.05) is 0 Å². The highest BCUT2D eigenvalue weighted by atomic mass is 79.9. The zero-order valence-electron chi connectivity index (χ0n) is 9.23. The SMILES string of the molecule is Brc1csc(N2CCN(CC3CC3)CC2)n1. The molecule has 16 heavy (non-hydrogen) atoms. The largest absolute Gasteiger partial charge is 0.345 e. The van der Waals surface area contributed by atoms with E-state index in [4.69, 9.17) is 0 Å². The molecule has 3 nitrogen and oxygen atoms in total. The van der Waals surface area contributed by atoms with Crippen LogP contribution in [0.2, 0.25) is 0 Å². The molecule has 1 aliphatic carbocycles. The molecule has 0 aromatic carbocycles. The topological polar surface area (TPSA) is 19.4 Å². The van der Waals surface area contributed by atoms with Gasteiger partial charge in [-0.05, 0) is 34.7 Å². The lowest BCUT2D eigenvalue weighted by atomic mass is 10.3. The van der Waals surface area contributed by atoms with Crippen molar-refractivity contribution in [1.29, 1.82) is 0 Å². The van der Waals surface area contributed by atoms with Crippen LogP contribution in [0.3, 0.4) is 0 Å². The summed E-state index contributed by atoms with van der Waals surface area (Å²) in [5, 5.41) is 3.23. The normalized spacial score (nSPS) is 22.7. The molecule has 1 saturated heterocycles. The van der Waals surface area contributed by atoms with Gasteiger partial charge in [-0.25, -0.2) is 4.98 Å². The van der Waals surface area contributed by atoms with E-state index >= 15 is 0 Å². The Kier molecular flexibility index (Phi) is 3.18. The van der Waals surface area contributed by atoms with Gasteiger partial charge in [-0.3, -0.25) is 4.90 Å². The van der Waals surface area contributed by atoms with Gasteiger partial charge < -0.3 is 4.90 Å². The van der Waals surface area contributed by atoms with Gasteiger partial charge in [-0.15, -0.1) is 11.3 Å². The van der Waals surface area contributed by atoms with Crippen molar-refractivity contribution in [2.24, 2.45) is 5.92 Å². The van der Waals surface area contributed by atoms with Gasteiger partial charge in [0.05, 0.1) is 0 Å². The molecule has 2 aliphatic rings. The second-order valence-electron chi connectivity index (χ2n) is 4.68. The minimum Gasteiger partial charge on any atom is -0.345 e. The van der Waals surface area contributed by atoms with Crippen LogP contribution in [0.5, 0.6) is 0 Å². The third kappa shape index (κ3) is 2.57. The number of hydrogen-bond acceptors (Lipinski definition) is 4. The smallest absolute Gasteiger partial charge is 0.186 e. The Labute approximate surface area is 109 Å². The van der Waals surface area contributed by atoms with Crippen LogP contribution in [0.1, 0.15) is 12.8 Å². The molecule has 1 aliphatic heterocycles. The van der Waals surface area contributed by atoms with E-state index in [2.05, 4.69) is 36.1 Å². The molecule has 0 N–H and O–H groups in total. The van der Waals surface area contributed by atoms with Crippen LogP contribution in [0.4, 0.5) is 5.13 Å². The molecule has 5 heteroatoms. The lowest BCUT2D eigenvalue weighted by Gasteiger charge is -2.34. The maximum Gasteiger partial charge on any atom is 0.186 e. The van der Waals surface area contributed by atoms with Gasteiger partial charge in [0.25, 0.3) is 0 Å². The summed E-state index contributed by atoms with van der Waals surface area (Å²) in [4.78, 5) is 9.48. The summed E-state index contributed by atoms with van der Waals surface area (Å²) in [5.74, 6) is 1.01. The molecule has 2 fully saturated rings. The Morgan fingerprint density at radius 1 is 1.31 bits per heavy atom. The molecular formula is C11H16BrN3S. The van der Waals surface area contributed by atoms with Crippen LogP contribution in [0.25, 0.3) is 0 Å². The highest BCUT2D eigenvalue weighted by Crippen LogP contribution is 2.30. The summed E-state index contributed by atoms with van der Waals surface area (Å²) in [6, 6.07) is 0. The molecule has 0 unspecified atom stereocenters. The first-order chi connectivity index (χ1) is 7.81. The average Bonchev–Trinajstić information content (AvgIpc) is 3.00. The van der Waals surface area contributed by atoms with E-state index in [-0.39, 0.29) is 0 Å². The minimum atomic E-state index is 0.966. The van der Waals surface area contributed by atoms with Gasteiger partial charge in [0.1, 0.15) is 4.60 Å². The van der Waals surface area contributed by atoms with E-state index in [0.717, 1.165) is 28.7 Å². The van der Waals surface area contributed by atoms with Crippen LogP contribution in [-0.2, 0) is 0 Å². The highest BCUT2D eigenvalue weighted by Gasteiger charge is 2.26. The molecule has 1 aromatic rings. The predicted molar refractivity (Wildman–Crippen MR) is 71.2 cm³/mol. The third-order valence-electron chi connectivity index (χ3n) is 3.32. The molecule has 1 saturated carbocycles. The number of rotatable bonds is 3. The van der Waals surface area contributed by atoms with Crippen LogP contribution < -0.4 is 4.90 Å². The molecule has 0 amide bonds. The fourth-order valence-corrected chi connectivity index (χ4v) is 3.48. The lowest BCUT2D eigenvalue weighted by Crippen LogP contribution is -2.47. The second kappa shape index (κ2) is 4.63. The monoisotopic (exact) mass is 301 g/mol. The molecule has 0 bridgehead atoms. The van der Waals surface area contributed by atoms with E-state index in [0.29, 0.717) is 0 Å². The molecule has 88 valence electrons. The van der Waals surface area contributed by atoms with Crippen molar-refractivity contribution >= 4 is 32.4 Å². The molecule has 3 rings (SSSR count). The predicted octanol–water partition coefficient (Wildman–Crippen LogP) is 2.44. The number of nitrogens with zero attached hydrogens (tertiary/aromatic N) is 3. The number of piperazine rings is 1. The van der Waals surface area contributed by atoms with Gasteiger partial charge in [0, 0.05) is 38.1 Å². The Bertz CT molecular complexity index is 356.